The van der Waals surface area contributed by atoms with E-state index in [0.717, 1.165) is 17.4 Å². The molecule has 1 aliphatic heterocycles. The predicted molar refractivity (Wildman–Crippen MR) is 139 cm³/mol. The number of halogens is 1. The zero-order chi connectivity index (χ0) is 27.4. The number of alkyl halides is 1. The van der Waals surface area contributed by atoms with E-state index in [2.05, 4.69) is 15.0 Å². The van der Waals surface area contributed by atoms with Gasteiger partial charge in [-0.3, -0.25) is 0 Å². The van der Waals surface area contributed by atoms with E-state index in [9.17, 15) is 8.42 Å². The van der Waals surface area contributed by atoms with E-state index >= 15 is 4.39 Å². The Morgan fingerprint density at radius 1 is 0.974 bits per heavy atom. The summed E-state index contributed by atoms with van der Waals surface area (Å²) in [5.41, 5.74) is 2.09. The first-order chi connectivity index (χ1) is 18.8. The van der Waals surface area contributed by atoms with Crippen LogP contribution in [0.15, 0.2) is 72.0 Å². The van der Waals surface area contributed by atoms with Gasteiger partial charge in [0.2, 0.25) is 15.6 Å². The van der Waals surface area contributed by atoms with E-state index in [4.69, 9.17) is 18.9 Å². The number of nitrogens with zero attached hydrogens (tertiary/aromatic N) is 4. The highest BCUT2D eigenvalue weighted by molar-refractivity contribution is 7.90. The van der Waals surface area contributed by atoms with E-state index < -0.39 is 39.5 Å². The lowest BCUT2D eigenvalue weighted by molar-refractivity contribution is -0.0740. The van der Waals surface area contributed by atoms with Gasteiger partial charge >= 0.3 is 6.01 Å². The number of benzene rings is 2. The molecule has 206 valence electrons. The Kier molecular flexibility index (Phi) is 8.17. The van der Waals surface area contributed by atoms with Gasteiger partial charge in [-0.25, -0.2) is 22.2 Å². The molecule has 2 aromatic heterocycles. The number of hydrogen-bond acceptors (Lipinski definition) is 9. The first-order valence-corrected chi connectivity index (χ1v) is 14.4. The third kappa shape index (κ3) is 6.25. The molecule has 12 heteroatoms. The molecule has 2 aromatic carbocycles. The highest BCUT2D eigenvalue weighted by Gasteiger charge is 2.48. The topological polar surface area (TPSA) is 114 Å². The number of hydrogen-bond donors (Lipinski definition) is 0. The molecule has 5 rings (SSSR count). The Bertz CT molecular complexity index is 1500. The number of sulfone groups is 1. The van der Waals surface area contributed by atoms with E-state index in [0.29, 0.717) is 6.61 Å². The molecular formula is C27H29FN4O6S. The quantitative estimate of drug-likeness (QED) is 0.274. The Balaban J connectivity index is 1.40. The number of aromatic nitrogens is 4. The van der Waals surface area contributed by atoms with E-state index in [1.165, 1.54) is 10.6 Å². The van der Waals surface area contributed by atoms with Crippen LogP contribution in [0.5, 0.6) is 6.01 Å². The second kappa shape index (κ2) is 11.7. The van der Waals surface area contributed by atoms with Crippen LogP contribution in [-0.4, -0.2) is 65.6 Å². The monoisotopic (exact) mass is 556 g/mol. The Labute approximate surface area is 225 Å². The van der Waals surface area contributed by atoms with E-state index in [1.54, 1.807) is 6.92 Å². The van der Waals surface area contributed by atoms with Crippen LogP contribution >= 0.6 is 0 Å². The summed E-state index contributed by atoms with van der Waals surface area (Å²) in [6.45, 7) is 2.59. The van der Waals surface area contributed by atoms with Gasteiger partial charge < -0.3 is 18.9 Å². The Hall–Kier alpha value is -3.45. The van der Waals surface area contributed by atoms with Gasteiger partial charge in [0, 0.05) is 12.5 Å². The van der Waals surface area contributed by atoms with Gasteiger partial charge in [-0.15, -0.1) is 0 Å². The lowest BCUT2D eigenvalue weighted by Gasteiger charge is -2.20. The molecule has 0 saturated carbocycles. The van der Waals surface area contributed by atoms with Crippen LogP contribution in [0.2, 0.25) is 0 Å². The van der Waals surface area contributed by atoms with Crippen LogP contribution in [0.1, 0.15) is 29.8 Å². The van der Waals surface area contributed by atoms with Crippen LogP contribution in [-0.2, 0) is 37.3 Å². The molecule has 0 spiro atoms. The normalized spacial score (nSPS) is 21.4. The summed E-state index contributed by atoms with van der Waals surface area (Å²) in [4.78, 5) is 12.4. The third-order valence-electron chi connectivity index (χ3n) is 6.17. The summed E-state index contributed by atoms with van der Waals surface area (Å²) >= 11 is 0. The average Bonchev–Trinajstić information content (AvgIpc) is 3.49. The van der Waals surface area contributed by atoms with Crippen LogP contribution < -0.4 is 4.74 Å². The molecule has 3 heterocycles. The largest absolute Gasteiger partial charge is 0.465 e. The van der Waals surface area contributed by atoms with Crippen molar-refractivity contribution in [3.05, 3.63) is 83.7 Å². The first-order valence-electron chi connectivity index (χ1n) is 12.5. The van der Waals surface area contributed by atoms with Gasteiger partial charge in [0.25, 0.3) is 5.16 Å². The molecule has 4 aromatic rings. The molecule has 1 fully saturated rings. The van der Waals surface area contributed by atoms with Crippen molar-refractivity contribution in [1.82, 2.24) is 19.4 Å². The van der Waals surface area contributed by atoms with Crippen molar-refractivity contribution in [3.63, 3.8) is 0 Å². The molecule has 0 aliphatic carbocycles. The summed E-state index contributed by atoms with van der Waals surface area (Å²) < 4.78 is 65.1. The summed E-state index contributed by atoms with van der Waals surface area (Å²) in [6.07, 6.45) is -1.85. The maximum absolute atomic E-state index is 16.0. The minimum absolute atomic E-state index is 0.00482. The number of rotatable bonds is 11. The van der Waals surface area contributed by atoms with E-state index in [-0.39, 0.29) is 37.3 Å². The molecule has 0 bridgehead atoms. The molecule has 4 atom stereocenters. The first kappa shape index (κ1) is 27.1. The second-order valence-electron chi connectivity index (χ2n) is 9.13. The summed E-state index contributed by atoms with van der Waals surface area (Å²) in [5, 5.41) is -0.434. The number of imidazole rings is 1. The molecule has 10 nitrogen and oxygen atoms in total. The van der Waals surface area contributed by atoms with Crippen molar-refractivity contribution in [2.24, 2.45) is 0 Å². The Morgan fingerprint density at radius 3 is 2.28 bits per heavy atom. The lowest BCUT2D eigenvalue weighted by Crippen LogP contribution is -2.34. The molecule has 0 radical (unpaired) electrons. The summed E-state index contributed by atoms with van der Waals surface area (Å²) in [7, 11) is -3.74. The number of fused-ring (bicyclic) bond motifs is 1. The van der Waals surface area contributed by atoms with Gasteiger partial charge in [-0.1, -0.05) is 60.7 Å². The maximum Gasteiger partial charge on any atom is 0.306 e. The third-order valence-corrected chi connectivity index (χ3v) is 7.01. The molecule has 39 heavy (non-hydrogen) atoms. The maximum atomic E-state index is 16.0. The van der Waals surface area contributed by atoms with Crippen molar-refractivity contribution in [2.45, 2.75) is 49.8 Å². The van der Waals surface area contributed by atoms with Gasteiger partial charge in [-0.05, 0) is 18.1 Å². The standard InChI is InChI=1S/C27H29FN4O6S/c1-3-36-27-31-26(39(2,33)34)30-25-29-20(14-32(25)27)23-22(28)24(37-16-19-12-8-5-9-13-19)21(38-23)17-35-15-18-10-6-4-7-11-18/h4-14,21-24H,3,15-17H2,1-2H3/t21-,22+,23+,24-/m1/s1. The summed E-state index contributed by atoms with van der Waals surface area (Å²) in [5.74, 6) is 0.00482. The molecule has 0 unspecified atom stereocenters. The van der Waals surface area contributed by atoms with Crippen LogP contribution in [0.25, 0.3) is 5.78 Å². The highest BCUT2D eigenvalue weighted by atomic mass is 32.2. The zero-order valence-corrected chi connectivity index (χ0v) is 22.3. The Morgan fingerprint density at radius 2 is 1.64 bits per heavy atom. The number of ether oxygens (including phenoxy) is 4. The molecule has 1 saturated heterocycles. The molecule has 0 N–H and O–H groups in total. The van der Waals surface area contributed by atoms with Crippen molar-refractivity contribution in [3.8, 4) is 6.01 Å². The van der Waals surface area contributed by atoms with E-state index in [1.807, 2.05) is 60.7 Å². The molecular weight excluding hydrogens is 527 g/mol. The smallest absolute Gasteiger partial charge is 0.306 e. The zero-order valence-electron chi connectivity index (χ0n) is 21.5. The minimum atomic E-state index is -3.74. The predicted octanol–water partition coefficient (Wildman–Crippen LogP) is 3.51. The fraction of sp³-hybridized carbons (Fsp3) is 0.370. The highest BCUT2D eigenvalue weighted by Crippen LogP contribution is 2.38. The van der Waals surface area contributed by atoms with Gasteiger partial charge in [-0.2, -0.15) is 9.97 Å². The van der Waals surface area contributed by atoms with Gasteiger partial charge in [0.1, 0.15) is 18.3 Å². The van der Waals surface area contributed by atoms with Crippen LogP contribution in [0.4, 0.5) is 4.39 Å². The van der Waals surface area contributed by atoms with Crippen molar-refractivity contribution >= 4 is 15.6 Å². The van der Waals surface area contributed by atoms with Gasteiger partial charge in [0.15, 0.2) is 6.17 Å². The summed E-state index contributed by atoms with van der Waals surface area (Å²) in [6, 6.07) is 19.1. The van der Waals surface area contributed by atoms with Crippen LogP contribution in [0.3, 0.4) is 0 Å². The second-order valence-corrected chi connectivity index (χ2v) is 11.0. The lowest BCUT2D eigenvalue weighted by atomic mass is 10.1. The van der Waals surface area contributed by atoms with Crippen molar-refractivity contribution in [2.75, 3.05) is 19.5 Å². The van der Waals surface area contributed by atoms with Crippen LogP contribution in [0, 0.1) is 0 Å². The average molecular weight is 557 g/mol. The van der Waals surface area contributed by atoms with Gasteiger partial charge in [0.05, 0.1) is 32.1 Å². The van der Waals surface area contributed by atoms with Crippen molar-refractivity contribution in [1.29, 1.82) is 0 Å². The van der Waals surface area contributed by atoms with Crippen molar-refractivity contribution < 1.29 is 31.8 Å². The fourth-order valence-corrected chi connectivity index (χ4v) is 4.80. The molecule has 1 aliphatic rings. The molecule has 0 amide bonds. The minimum Gasteiger partial charge on any atom is -0.465 e. The fourth-order valence-electron chi connectivity index (χ4n) is 4.31. The SMILES string of the molecule is CCOc1nc(S(C)(=O)=O)nc2nc([C@@H]3O[C@H](COCc4ccccc4)[C@@H](OCc4ccccc4)[C@H]3F)cn12.